The number of amides is 1. The highest BCUT2D eigenvalue weighted by molar-refractivity contribution is 8.00. The van der Waals surface area contributed by atoms with Gasteiger partial charge >= 0.3 is 0 Å². The molecule has 150 valence electrons. The van der Waals surface area contributed by atoms with Gasteiger partial charge in [0.15, 0.2) is 10.1 Å². The molecule has 4 aromatic rings. The van der Waals surface area contributed by atoms with Crippen LogP contribution in [0.4, 0.5) is 5.69 Å². The summed E-state index contributed by atoms with van der Waals surface area (Å²) in [5, 5.41) is 2.89. The molecule has 0 saturated heterocycles. The van der Waals surface area contributed by atoms with E-state index in [2.05, 4.69) is 15.3 Å². The summed E-state index contributed by atoms with van der Waals surface area (Å²) in [5.41, 5.74) is 3.45. The number of thiazole rings is 1. The number of ketones is 1. The van der Waals surface area contributed by atoms with Crippen molar-refractivity contribution >= 4 is 50.7 Å². The second-order valence-corrected chi connectivity index (χ2v) is 9.24. The topological polar surface area (TPSA) is 85.1 Å². The number of furan rings is 1. The molecule has 1 aromatic carbocycles. The van der Waals surface area contributed by atoms with Gasteiger partial charge in [-0.15, -0.1) is 11.3 Å². The lowest BCUT2D eigenvalue weighted by molar-refractivity contribution is 0.0955. The fourth-order valence-corrected chi connectivity index (χ4v) is 5.50. The van der Waals surface area contributed by atoms with Crippen LogP contribution < -0.4 is 5.32 Å². The summed E-state index contributed by atoms with van der Waals surface area (Å²) < 4.78 is 7.41. The van der Waals surface area contributed by atoms with Crippen LogP contribution >= 0.6 is 23.1 Å². The monoisotopic (exact) mass is 435 g/mol. The van der Waals surface area contributed by atoms with Gasteiger partial charge in [0, 0.05) is 36.7 Å². The van der Waals surface area contributed by atoms with E-state index in [4.69, 9.17) is 4.42 Å². The highest BCUT2D eigenvalue weighted by atomic mass is 32.2. The molecule has 1 amide bonds. The van der Waals surface area contributed by atoms with E-state index in [-0.39, 0.29) is 11.7 Å². The normalized spacial score (nSPS) is 13.4. The number of rotatable bonds is 5. The van der Waals surface area contributed by atoms with Gasteiger partial charge in [0.1, 0.15) is 12.0 Å². The number of pyridine rings is 1. The Balaban J connectivity index is 1.32. The lowest BCUT2D eigenvalue weighted by atomic mass is 9.94. The molecule has 1 aliphatic carbocycles. The second kappa shape index (κ2) is 8.04. The largest absolute Gasteiger partial charge is 0.468 e. The minimum Gasteiger partial charge on any atom is -0.468 e. The number of nitrogens with zero attached hydrogens (tertiary/aromatic N) is 2. The zero-order chi connectivity index (χ0) is 20.5. The maximum atomic E-state index is 12.7. The number of thioether (sulfide) groups is 1. The quantitative estimate of drug-likeness (QED) is 0.426. The molecular weight excluding hydrogens is 418 g/mol. The van der Waals surface area contributed by atoms with Crippen molar-refractivity contribution in [3.8, 4) is 0 Å². The Morgan fingerprint density at radius 3 is 3.07 bits per heavy atom. The predicted molar refractivity (Wildman–Crippen MR) is 117 cm³/mol. The van der Waals surface area contributed by atoms with Crippen LogP contribution in [0.1, 0.15) is 44.9 Å². The summed E-state index contributed by atoms with van der Waals surface area (Å²) in [6, 6.07) is 9.59. The van der Waals surface area contributed by atoms with E-state index in [0.717, 1.165) is 32.3 Å². The van der Waals surface area contributed by atoms with Crippen LogP contribution in [0.25, 0.3) is 10.2 Å². The molecule has 8 heteroatoms. The first-order valence-electron chi connectivity index (χ1n) is 9.54. The number of Topliss-reactive ketones (excluding diaryl/α,β-unsaturated/α-hetero) is 1. The molecule has 0 fully saturated rings. The first-order chi connectivity index (χ1) is 14.7. The molecule has 0 bridgehead atoms. The van der Waals surface area contributed by atoms with E-state index in [1.807, 2.05) is 36.5 Å². The first kappa shape index (κ1) is 19.0. The van der Waals surface area contributed by atoms with Crippen LogP contribution in [0.15, 0.2) is 57.7 Å². The zero-order valence-corrected chi connectivity index (χ0v) is 17.5. The van der Waals surface area contributed by atoms with Crippen molar-refractivity contribution in [3.63, 3.8) is 0 Å². The molecule has 0 unspecified atom stereocenters. The molecule has 6 nitrogen and oxygen atoms in total. The molecule has 0 radical (unpaired) electrons. The summed E-state index contributed by atoms with van der Waals surface area (Å²) in [5.74, 6) is 1.06. The Bertz CT molecular complexity index is 1250. The number of anilines is 1. The van der Waals surface area contributed by atoms with Crippen molar-refractivity contribution in [1.82, 2.24) is 9.97 Å². The van der Waals surface area contributed by atoms with Crippen LogP contribution in [0.3, 0.4) is 0 Å². The molecule has 30 heavy (non-hydrogen) atoms. The highest BCUT2D eigenvalue weighted by Gasteiger charge is 2.27. The van der Waals surface area contributed by atoms with E-state index in [0.29, 0.717) is 35.4 Å². The summed E-state index contributed by atoms with van der Waals surface area (Å²) in [4.78, 5) is 33.7. The van der Waals surface area contributed by atoms with Gasteiger partial charge in [-0.3, -0.25) is 14.6 Å². The van der Waals surface area contributed by atoms with Gasteiger partial charge in [0.25, 0.3) is 5.91 Å². The van der Waals surface area contributed by atoms with E-state index in [1.54, 1.807) is 29.3 Å². The standard InChI is InChI=1S/C22H17N3O3S2/c26-17-4-1-5-18-20(17)15(11-28-18)21(27)24-14-6-7-16-19(9-14)30-22(25-16)29-12-13-3-2-8-23-10-13/h2-3,6-11H,1,4-5,12H2,(H,24,27). The Morgan fingerprint density at radius 2 is 2.20 bits per heavy atom. The fourth-order valence-electron chi connectivity index (χ4n) is 3.46. The fraction of sp³-hybridized carbons (Fsp3) is 0.182. The number of carbonyl (C=O) groups is 2. The van der Waals surface area contributed by atoms with Gasteiger partial charge in [0.2, 0.25) is 0 Å². The molecule has 0 saturated carbocycles. The summed E-state index contributed by atoms with van der Waals surface area (Å²) in [6.07, 6.45) is 6.93. The molecule has 0 aliphatic heterocycles. The van der Waals surface area contributed by atoms with Gasteiger partial charge < -0.3 is 9.73 Å². The molecule has 3 heterocycles. The van der Waals surface area contributed by atoms with Crippen molar-refractivity contribution in [3.05, 3.63) is 71.4 Å². The number of fused-ring (bicyclic) bond motifs is 2. The van der Waals surface area contributed by atoms with Crippen molar-refractivity contribution in [2.24, 2.45) is 0 Å². The number of nitrogens with one attached hydrogen (secondary N) is 1. The molecule has 1 aliphatic rings. The summed E-state index contributed by atoms with van der Waals surface area (Å²) in [7, 11) is 0. The number of hydrogen-bond donors (Lipinski definition) is 1. The molecule has 5 rings (SSSR count). The maximum absolute atomic E-state index is 12.7. The second-order valence-electron chi connectivity index (χ2n) is 6.99. The van der Waals surface area contributed by atoms with E-state index in [9.17, 15) is 9.59 Å². The van der Waals surface area contributed by atoms with Gasteiger partial charge in [0.05, 0.1) is 21.3 Å². The molecule has 0 atom stereocenters. The summed E-state index contributed by atoms with van der Waals surface area (Å²) >= 11 is 3.25. The Kier molecular flexibility index (Phi) is 5.10. The van der Waals surface area contributed by atoms with Crippen LogP contribution in [-0.4, -0.2) is 21.7 Å². The van der Waals surface area contributed by atoms with E-state index < -0.39 is 0 Å². The molecule has 1 N–H and O–H groups in total. The van der Waals surface area contributed by atoms with Crippen molar-refractivity contribution in [2.45, 2.75) is 29.4 Å². The smallest absolute Gasteiger partial charge is 0.259 e. The minimum absolute atomic E-state index is 0.0247. The third-order valence-corrected chi connectivity index (χ3v) is 7.14. The van der Waals surface area contributed by atoms with Gasteiger partial charge in [-0.25, -0.2) is 4.98 Å². The minimum atomic E-state index is -0.328. The van der Waals surface area contributed by atoms with Crippen LogP contribution in [-0.2, 0) is 12.2 Å². The van der Waals surface area contributed by atoms with E-state index in [1.165, 1.54) is 6.26 Å². The number of benzene rings is 1. The van der Waals surface area contributed by atoms with E-state index >= 15 is 0 Å². The Morgan fingerprint density at radius 1 is 1.27 bits per heavy atom. The third kappa shape index (κ3) is 3.76. The average molecular weight is 436 g/mol. The van der Waals surface area contributed by atoms with Crippen LogP contribution in [0.2, 0.25) is 0 Å². The van der Waals surface area contributed by atoms with Crippen molar-refractivity contribution < 1.29 is 14.0 Å². The molecule has 0 spiro atoms. The first-order valence-corrected chi connectivity index (χ1v) is 11.3. The Labute approximate surface area is 180 Å². The van der Waals surface area contributed by atoms with Gasteiger partial charge in [-0.2, -0.15) is 0 Å². The van der Waals surface area contributed by atoms with Crippen molar-refractivity contribution in [1.29, 1.82) is 0 Å². The number of aromatic nitrogens is 2. The molecular formula is C22H17N3O3S2. The lowest BCUT2D eigenvalue weighted by Crippen LogP contribution is -2.17. The number of aryl methyl sites for hydroxylation is 1. The number of hydrogen-bond acceptors (Lipinski definition) is 7. The van der Waals surface area contributed by atoms with Gasteiger partial charge in [-0.05, 0) is 36.2 Å². The van der Waals surface area contributed by atoms with Crippen molar-refractivity contribution in [2.75, 3.05) is 5.32 Å². The molecule has 3 aromatic heterocycles. The SMILES string of the molecule is O=C(Nc1ccc2nc(SCc3cccnc3)sc2c1)c1coc2c1C(=O)CCC2. The maximum Gasteiger partial charge on any atom is 0.259 e. The third-order valence-electron chi connectivity index (χ3n) is 4.91. The lowest BCUT2D eigenvalue weighted by Gasteiger charge is -2.10. The summed E-state index contributed by atoms with van der Waals surface area (Å²) in [6.45, 7) is 0. The van der Waals surface area contributed by atoms with Crippen LogP contribution in [0.5, 0.6) is 0 Å². The van der Waals surface area contributed by atoms with Gasteiger partial charge in [-0.1, -0.05) is 17.8 Å². The van der Waals surface area contributed by atoms with Crippen LogP contribution in [0, 0.1) is 0 Å². The average Bonchev–Trinajstić information content (AvgIpc) is 3.37. The highest BCUT2D eigenvalue weighted by Crippen LogP contribution is 2.33. The Hall–Kier alpha value is -2.97. The number of carbonyl (C=O) groups excluding carboxylic acids is 2. The predicted octanol–water partition coefficient (Wildman–Crippen LogP) is 5.35. The zero-order valence-electron chi connectivity index (χ0n) is 15.9.